The second-order valence-corrected chi connectivity index (χ2v) is 12.0. The third kappa shape index (κ3) is 31.0. The molecule has 6 heteroatoms. The number of hydrogen-bond acceptors (Lipinski definition) is 4. The van der Waals surface area contributed by atoms with E-state index in [0.717, 1.165) is 134 Å². The fraction of sp³-hybridized carbons (Fsp3) is 0.778. The average molecular weight is 593 g/mol. The largest absolute Gasteiger partial charge is 0.481 e. The molecule has 1 unspecified atom stereocenters. The Balaban J connectivity index is 4.09. The molecule has 244 valence electrons. The van der Waals surface area contributed by atoms with Crippen LogP contribution in [0.1, 0.15) is 167 Å². The van der Waals surface area contributed by atoms with E-state index >= 15 is 0 Å². The van der Waals surface area contributed by atoms with Gasteiger partial charge in [-0.3, -0.25) is 4.79 Å². The highest BCUT2D eigenvalue weighted by Gasteiger charge is 2.06. The highest BCUT2D eigenvalue weighted by atomic mass is 16.4. The number of aliphatic carboxylic acids is 2. The van der Waals surface area contributed by atoms with Crippen LogP contribution in [0.25, 0.3) is 0 Å². The van der Waals surface area contributed by atoms with Crippen molar-refractivity contribution in [3.63, 3.8) is 0 Å². The molecule has 4 N–H and O–H groups in total. The van der Waals surface area contributed by atoms with Gasteiger partial charge in [-0.15, -0.1) is 0 Å². The summed E-state index contributed by atoms with van der Waals surface area (Å²) >= 11 is 0. The van der Waals surface area contributed by atoms with Crippen LogP contribution in [-0.4, -0.2) is 44.6 Å². The van der Waals surface area contributed by atoms with Gasteiger partial charge in [-0.05, 0) is 70.6 Å². The van der Waals surface area contributed by atoms with E-state index in [4.69, 9.17) is 10.2 Å². The number of unbranched alkanes of at least 4 members (excludes halogenated alkanes) is 14. The Morgan fingerprint density at radius 3 is 1.67 bits per heavy atom. The number of rotatable bonds is 31. The predicted octanol–water partition coefficient (Wildman–Crippen LogP) is 9.69. The zero-order valence-electron chi connectivity index (χ0n) is 26.8. The fourth-order valence-electron chi connectivity index (χ4n) is 5.25. The van der Waals surface area contributed by atoms with Crippen LogP contribution in [0.2, 0.25) is 0 Å². The zero-order valence-corrected chi connectivity index (χ0v) is 26.8. The lowest BCUT2D eigenvalue weighted by atomic mass is 9.97. The van der Waals surface area contributed by atoms with Gasteiger partial charge in [0.15, 0.2) is 0 Å². The van der Waals surface area contributed by atoms with Crippen molar-refractivity contribution >= 4 is 11.9 Å². The van der Waals surface area contributed by atoms with Crippen LogP contribution >= 0.6 is 0 Å². The summed E-state index contributed by atoms with van der Waals surface area (Å²) in [5.41, 5.74) is 1.47. The lowest BCUT2D eigenvalue weighted by Gasteiger charge is -2.12. The van der Waals surface area contributed by atoms with Crippen LogP contribution in [-0.2, 0) is 9.59 Å². The summed E-state index contributed by atoms with van der Waals surface area (Å²) in [6.07, 6.45) is 34.0. The molecule has 0 rings (SSSR count). The van der Waals surface area contributed by atoms with Gasteiger partial charge in [0.25, 0.3) is 0 Å². The van der Waals surface area contributed by atoms with E-state index in [1.807, 2.05) is 6.08 Å². The molecule has 0 amide bonds. The molecule has 0 aliphatic rings. The standard InChI is InChI=1S/C36H64O6/c1-2-3-4-18-27-34(38)31-30-32(23-16-10-9-13-22-29-36(41)42)24-17-14-15-20-26-33(37)25-19-11-7-5-6-8-12-21-28-35(39)40/h8,12,21,28,30,33-34,37-38H,2-7,9-11,13-20,22-27,29,31H2,1H3,(H,39,40)(H,41,42)/b12-8?,28-21?,32-30+/t33?,34-/m1/s1. The van der Waals surface area contributed by atoms with Gasteiger partial charge in [-0.25, -0.2) is 4.79 Å². The van der Waals surface area contributed by atoms with Crippen molar-refractivity contribution in [3.8, 4) is 0 Å². The summed E-state index contributed by atoms with van der Waals surface area (Å²) in [7, 11) is 0. The van der Waals surface area contributed by atoms with Gasteiger partial charge in [-0.1, -0.05) is 120 Å². The van der Waals surface area contributed by atoms with Crippen molar-refractivity contribution in [2.24, 2.45) is 0 Å². The third-order valence-electron chi connectivity index (χ3n) is 7.89. The van der Waals surface area contributed by atoms with Crippen LogP contribution in [0, 0.1) is 0 Å². The topological polar surface area (TPSA) is 115 Å². The molecule has 0 fully saturated rings. The molecule has 42 heavy (non-hydrogen) atoms. The molecule has 0 spiro atoms. The normalized spacial score (nSPS) is 13.7. The van der Waals surface area contributed by atoms with Gasteiger partial charge >= 0.3 is 11.9 Å². The lowest BCUT2D eigenvalue weighted by molar-refractivity contribution is -0.137. The molecule has 0 heterocycles. The maximum atomic E-state index is 10.7. The molecule has 0 aliphatic carbocycles. The number of aliphatic hydroxyl groups excluding tert-OH is 2. The second-order valence-electron chi connectivity index (χ2n) is 12.0. The predicted molar refractivity (Wildman–Crippen MR) is 175 cm³/mol. The van der Waals surface area contributed by atoms with Crippen LogP contribution in [0.5, 0.6) is 0 Å². The van der Waals surface area contributed by atoms with Crippen LogP contribution in [0.15, 0.2) is 36.0 Å². The molecule has 0 aliphatic heterocycles. The van der Waals surface area contributed by atoms with Crippen LogP contribution < -0.4 is 0 Å². The number of aliphatic hydroxyl groups is 2. The van der Waals surface area contributed by atoms with Crippen molar-refractivity contribution in [1.29, 1.82) is 0 Å². The van der Waals surface area contributed by atoms with Crippen molar-refractivity contribution in [2.45, 2.75) is 180 Å². The summed E-state index contributed by atoms with van der Waals surface area (Å²) in [6.45, 7) is 2.21. The Bertz CT molecular complexity index is 726. The molecule has 6 nitrogen and oxygen atoms in total. The monoisotopic (exact) mass is 592 g/mol. The first-order chi connectivity index (χ1) is 20.3. The number of carbonyl (C=O) groups is 2. The highest BCUT2D eigenvalue weighted by molar-refractivity contribution is 5.80. The molecular formula is C36H64O6. The minimum absolute atomic E-state index is 0.198. The molecule has 2 atom stereocenters. The van der Waals surface area contributed by atoms with E-state index in [0.29, 0.717) is 0 Å². The average Bonchev–Trinajstić information content (AvgIpc) is 2.95. The summed E-state index contributed by atoms with van der Waals surface area (Å²) in [4.78, 5) is 21.1. The first-order valence-corrected chi connectivity index (χ1v) is 17.2. The Hall–Kier alpha value is -1.92. The maximum absolute atomic E-state index is 10.7. The minimum atomic E-state index is -0.925. The Kier molecular flexibility index (Phi) is 29.1. The number of hydrogen-bond donors (Lipinski definition) is 4. The van der Waals surface area contributed by atoms with E-state index in [1.54, 1.807) is 12.2 Å². The smallest absolute Gasteiger partial charge is 0.328 e. The van der Waals surface area contributed by atoms with E-state index in [9.17, 15) is 19.8 Å². The molecule has 0 radical (unpaired) electrons. The van der Waals surface area contributed by atoms with Crippen LogP contribution in [0.3, 0.4) is 0 Å². The second kappa shape index (κ2) is 30.5. The summed E-state index contributed by atoms with van der Waals surface area (Å²) < 4.78 is 0. The minimum Gasteiger partial charge on any atom is -0.481 e. The Morgan fingerprint density at radius 2 is 1.10 bits per heavy atom. The molecule has 0 aromatic carbocycles. The van der Waals surface area contributed by atoms with Gasteiger partial charge in [0.1, 0.15) is 0 Å². The SMILES string of the molecule is CCCCCC[C@@H](O)C/C=C(\CCCCCCCC(=O)O)CCCCCCC(O)CCCCCCC=CC=CC(=O)O. The van der Waals surface area contributed by atoms with Crippen LogP contribution in [0.4, 0.5) is 0 Å². The maximum Gasteiger partial charge on any atom is 0.328 e. The molecule has 0 aromatic rings. The van der Waals surface area contributed by atoms with E-state index in [2.05, 4.69) is 13.0 Å². The van der Waals surface area contributed by atoms with E-state index in [-0.39, 0.29) is 18.6 Å². The third-order valence-corrected chi connectivity index (χ3v) is 7.89. The van der Waals surface area contributed by atoms with Crippen molar-refractivity contribution < 1.29 is 30.0 Å². The van der Waals surface area contributed by atoms with Gasteiger partial charge in [0, 0.05) is 12.5 Å². The van der Waals surface area contributed by atoms with E-state index < -0.39 is 11.9 Å². The molecule has 0 saturated heterocycles. The number of carboxylic acid groups (broad SMARTS) is 2. The molecule has 0 bridgehead atoms. The van der Waals surface area contributed by atoms with Crippen molar-refractivity contribution in [3.05, 3.63) is 36.0 Å². The summed E-state index contributed by atoms with van der Waals surface area (Å²) in [5.74, 6) is -1.63. The van der Waals surface area contributed by atoms with Gasteiger partial charge in [0.2, 0.25) is 0 Å². The van der Waals surface area contributed by atoms with Gasteiger partial charge < -0.3 is 20.4 Å². The molecular weight excluding hydrogens is 528 g/mol. The van der Waals surface area contributed by atoms with E-state index in [1.165, 1.54) is 31.3 Å². The van der Waals surface area contributed by atoms with Crippen molar-refractivity contribution in [2.75, 3.05) is 0 Å². The first-order valence-electron chi connectivity index (χ1n) is 17.2. The fourth-order valence-corrected chi connectivity index (χ4v) is 5.25. The highest BCUT2D eigenvalue weighted by Crippen LogP contribution is 2.21. The zero-order chi connectivity index (χ0) is 31.1. The first kappa shape index (κ1) is 40.1. The lowest BCUT2D eigenvalue weighted by Crippen LogP contribution is -2.06. The molecule has 0 saturated carbocycles. The molecule has 0 aromatic heterocycles. The number of carboxylic acids is 2. The Labute approximate surface area is 257 Å². The Morgan fingerprint density at radius 1 is 0.595 bits per heavy atom. The van der Waals surface area contributed by atoms with Gasteiger partial charge in [-0.2, -0.15) is 0 Å². The van der Waals surface area contributed by atoms with Gasteiger partial charge in [0.05, 0.1) is 12.2 Å². The quantitative estimate of drug-likeness (QED) is 0.0276. The summed E-state index contributed by atoms with van der Waals surface area (Å²) in [6, 6.07) is 0. The van der Waals surface area contributed by atoms with Crippen molar-refractivity contribution in [1.82, 2.24) is 0 Å². The summed E-state index contributed by atoms with van der Waals surface area (Å²) in [5, 5.41) is 38.1. The number of allylic oxidation sites excluding steroid dienone is 4.